The summed E-state index contributed by atoms with van der Waals surface area (Å²) >= 11 is 4.98. The number of amides is 1. The van der Waals surface area contributed by atoms with Gasteiger partial charge in [-0.15, -0.1) is 11.3 Å². The number of carbonyl (C=O) groups is 1. The zero-order valence-electron chi connectivity index (χ0n) is 12.0. The summed E-state index contributed by atoms with van der Waals surface area (Å²) in [5.74, 6) is 0.518. The van der Waals surface area contributed by atoms with Crippen molar-refractivity contribution in [2.24, 2.45) is 5.92 Å². The molecule has 1 aliphatic carbocycles. The number of thiophene rings is 1. The Morgan fingerprint density at radius 1 is 1.38 bits per heavy atom. The van der Waals surface area contributed by atoms with Crippen LogP contribution in [0.5, 0.6) is 0 Å². The minimum atomic E-state index is -0.0284. The molecule has 112 valence electrons. The van der Waals surface area contributed by atoms with Crippen LogP contribution in [0.2, 0.25) is 0 Å². The van der Waals surface area contributed by atoms with Gasteiger partial charge in [-0.25, -0.2) is 0 Å². The van der Waals surface area contributed by atoms with Gasteiger partial charge in [0.2, 0.25) is 0 Å². The largest absolute Gasteiger partial charge is 0.397 e. The number of anilines is 1. The second-order valence-electron chi connectivity index (χ2n) is 5.80. The number of benzene rings is 1. The average Bonchev–Trinajstić information content (AvgIpc) is 2.80. The van der Waals surface area contributed by atoms with Crippen molar-refractivity contribution in [1.29, 1.82) is 0 Å². The molecule has 0 aliphatic heterocycles. The number of carbonyl (C=O) groups excluding carboxylic acids is 1. The Kier molecular flexibility index (Phi) is 4.22. The summed E-state index contributed by atoms with van der Waals surface area (Å²) in [6, 6.07) is 6.20. The summed E-state index contributed by atoms with van der Waals surface area (Å²) < 4.78 is 1.99. The third-order valence-corrected chi connectivity index (χ3v) is 6.17. The topological polar surface area (TPSA) is 55.1 Å². The second kappa shape index (κ2) is 5.97. The number of nitrogens with one attached hydrogen (secondary N) is 1. The SMILES string of the molecule is CC1CCCCC1NC(=O)c1sc2cccc(Br)c2c1N. The maximum atomic E-state index is 12.6. The van der Waals surface area contributed by atoms with Crippen LogP contribution in [-0.2, 0) is 0 Å². The summed E-state index contributed by atoms with van der Waals surface area (Å²) in [5, 5.41) is 4.13. The van der Waals surface area contributed by atoms with E-state index in [1.165, 1.54) is 30.6 Å². The molecule has 0 spiro atoms. The van der Waals surface area contributed by atoms with E-state index in [1.807, 2.05) is 18.2 Å². The summed E-state index contributed by atoms with van der Waals surface area (Å²) in [7, 11) is 0. The van der Waals surface area contributed by atoms with Gasteiger partial charge in [-0.3, -0.25) is 4.79 Å². The first kappa shape index (κ1) is 14.9. The molecule has 5 heteroatoms. The van der Waals surface area contributed by atoms with Crippen molar-refractivity contribution in [2.75, 3.05) is 5.73 Å². The summed E-state index contributed by atoms with van der Waals surface area (Å²) in [6.45, 7) is 2.22. The van der Waals surface area contributed by atoms with Crippen LogP contribution in [0.25, 0.3) is 10.1 Å². The molecule has 0 bridgehead atoms. The Morgan fingerprint density at radius 3 is 2.86 bits per heavy atom. The number of rotatable bonds is 2. The smallest absolute Gasteiger partial charge is 0.263 e. The van der Waals surface area contributed by atoms with Crippen molar-refractivity contribution in [1.82, 2.24) is 5.32 Å². The minimum absolute atomic E-state index is 0.0284. The molecule has 21 heavy (non-hydrogen) atoms. The molecule has 2 aromatic rings. The van der Waals surface area contributed by atoms with Gasteiger partial charge in [-0.2, -0.15) is 0 Å². The molecule has 1 fully saturated rings. The van der Waals surface area contributed by atoms with Gasteiger partial charge in [-0.1, -0.05) is 41.8 Å². The molecule has 2 unspecified atom stereocenters. The third kappa shape index (κ3) is 2.81. The Balaban J connectivity index is 1.88. The standard InChI is InChI=1S/C16H19BrN2OS/c1-9-5-2-3-7-11(9)19-16(20)15-14(18)13-10(17)6-4-8-12(13)21-15/h4,6,8-9,11H,2-3,5,7,18H2,1H3,(H,19,20). The fraction of sp³-hybridized carbons (Fsp3) is 0.438. The number of hydrogen-bond acceptors (Lipinski definition) is 3. The first-order valence-corrected chi connectivity index (χ1v) is 8.96. The van der Waals surface area contributed by atoms with E-state index in [0.717, 1.165) is 21.0 Å². The molecule has 3 rings (SSSR count). The molecule has 1 heterocycles. The molecule has 1 aromatic heterocycles. The summed E-state index contributed by atoms with van der Waals surface area (Å²) in [6.07, 6.45) is 4.73. The lowest BCUT2D eigenvalue weighted by atomic mass is 9.86. The molecule has 3 nitrogen and oxygen atoms in total. The van der Waals surface area contributed by atoms with E-state index in [1.54, 1.807) is 0 Å². The van der Waals surface area contributed by atoms with Gasteiger partial charge in [0.05, 0.1) is 5.69 Å². The Hall–Kier alpha value is -1.07. The molecule has 3 N–H and O–H groups in total. The van der Waals surface area contributed by atoms with Crippen molar-refractivity contribution in [2.45, 2.75) is 38.6 Å². The maximum absolute atomic E-state index is 12.6. The molecule has 1 saturated carbocycles. The summed E-state index contributed by atoms with van der Waals surface area (Å²) in [4.78, 5) is 13.2. The van der Waals surface area contributed by atoms with Crippen molar-refractivity contribution >= 4 is 48.9 Å². The lowest BCUT2D eigenvalue weighted by molar-refractivity contribution is 0.0915. The molecule has 0 radical (unpaired) electrons. The van der Waals surface area contributed by atoms with Gasteiger partial charge in [0, 0.05) is 20.6 Å². The first-order valence-electron chi connectivity index (χ1n) is 7.35. The highest BCUT2D eigenvalue weighted by Gasteiger charge is 2.25. The molecular formula is C16H19BrN2OS. The normalized spacial score (nSPS) is 22.4. The van der Waals surface area contributed by atoms with Gasteiger partial charge in [0.25, 0.3) is 5.91 Å². The quantitative estimate of drug-likeness (QED) is 0.818. The van der Waals surface area contributed by atoms with Crippen molar-refractivity contribution < 1.29 is 4.79 Å². The number of nitrogens with two attached hydrogens (primary N) is 1. The predicted octanol–water partition coefficient (Wildman–Crippen LogP) is 4.55. The van der Waals surface area contributed by atoms with Crippen LogP contribution in [0, 0.1) is 5.92 Å². The molecule has 0 saturated heterocycles. The third-order valence-electron chi connectivity index (χ3n) is 4.34. The molecule has 2 atom stereocenters. The van der Waals surface area contributed by atoms with Crippen LogP contribution in [0.1, 0.15) is 42.3 Å². The fourth-order valence-electron chi connectivity index (χ4n) is 3.06. The van der Waals surface area contributed by atoms with Gasteiger partial charge < -0.3 is 11.1 Å². The lowest BCUT2D eigenvalue weighted by Gasteiger charge is -2.29. The van der Waals surface area contributed by atoms with E-state index in [4.69, 9.17) is 5.73 Å². The number of nitrogen functional groups attached to an aromatic ring is 1. The Morgan fingerprint density at radius 2 is 2.14 bits per heavy atom. The molecule has 1 aliphatic rings. The van der Waals surface area contributed by atoms with E-state index in [9.17, 15) is 4.79 Å². The van der Waals surface area contributed by atoms with Crippen LogP contribution in [0.15, 0.2) is 22.7 Å². The number of fused-ring (bicyclic) bond motifs is 1. The van der Waals surface area contributed by atoms with Gasteiger partial charge >= 0.3 is 0 Å². The number of hydrogen-bond donors (Lipinski definition) is 2. The van der Waals surface area contributed by atoms with Gasteiger partial charge in [-0.05, 0) is 30.9 Å². The number of halogens is 1. The Bertz CT molecular complexity index is 682. The van der Waals surface area contributed by atoms with Gasteiger partial charge in [0.15, 0.2) is 0 Å². The lowest BCUT2D eigenvalue weighted by Crippen LogP contribution is -2.40. The van der Waals surface area contributed by atoms with Crippen LogP contribution >= 0.6 is 27.3 Å². The zero-order chi connectivity index (χ0) is 15.0. The van der Waals surface area contributed by atoms with E-state index in [0.29, 0.717) is 16.5 Å². The van der Waals surface area contributed by atoms with Crippen LogP contribution in [-0.4, -0.2) is 11.9 Å². The van der Waals surface area contributed by atoms with Crippen LogP contribution in [0.4, 0.5) is 5.69 Å². The van der Waals surface area contributed by atoms with Crippen LogP contribution < -0.4 is 11.1 Å². The maximum Gasteiger partial charge on any atom is 0.263 e. The molecule has 1 amide bonds. The van der Waals surface area contributed by atoms with Gasteiger partial charge in [0.1, 0.15) is 4.88 Å². The molecular weight excluding hydrogens is 348 g/mol. The van der Waals surface area contributed by atoms with Crippen molar-refractivity contribution in [3.63, 3.8) is 0 Å². The van der Waals surface area contributed by atoms with E-state index in [2.05, 4.69) is 28.2 Å². The van der Waals surface area contributed by atoms with E-state index >= 15 is 0 Å². The highest BCUT2D eigenvalue weighted by molar-refractivity contribution is 9.10. The Labute approximate surface area is 137 Å². The summed E-state index contributed by atoms with van der Waals surface area (Å²) in [5.41, 5.74) is 6.79. The minimum Gasteiger partial charge on any atom is -0.397 e. The molecule has 1 aromatic carbocycles. The van der Waals surface area contributed by atoms with Crippen molar-refractivity contribution in [3.8, 4) is 0 Å². The highest BCUT2D eigenvalue weighted by atomic mass is 79.9. The highest BCUT2D eigenvalue weighted by Crippen LogP contribution is 2.38. The van der Waals surface area contributed by atoms with Crippen LogP contribution in [0.3, 0.4) is 0 Å². The predicted molar refractivity (Wildman–Crippen MR) is 92.8 cm³/mol. The second-order valence-corrected chi connectivity index (χ2v) is 7.71. The van der Waals surface area contributed by atoms with E-state index in [-0.39, 0.29) is 11.9 Å². The zero-order valence-corrected chi connectivity index (χ0v) is 14.4. The monoisotopic (exact) mass is 366 g/mol. The van der Waals surface area contributed by atoms with Crippen molar-refractivity contribution in [3.05, 3.63) is 27.5 Å². The fourth-order valence-corrected chi connectivity index (χ4v) is 4.83. The van der Waals surface area contributed by atoms with E-state index < -0.39 is 0 Å². The first-order chi connectivity index (χ1) is 10.1. The average molecular weight is 367 g/mol.